The molecular formula is C13H22N2O4. The highest BCUT2D eigenvalue weighted by atomic mass is 16.6. The van der Waals surface area contributed by atoms with Crippen molar-refractivity contribution in [1.29, 1.82) is 5.26 Å². The van der Waals surface area contributed by atoms with E-state index in [-0.39, 0.29) is 13.2 Å². The first-order chi connectivity index (χ1) is 8.92. The van der Waals surface area contributed by atoms with Gasteiger partial charge in [-0.1, -0.05) is 26.2 Å². The van der Waals surface area contributed by atoms with E-state index >= 15 is 0 Å². The molecule has 0 spiro atoms. The topological polar surface area (TPSA) is 93.2 Å². The van der Waals surface area contributed by atoms with E-state index in [1.807, 2.05) is 13.0 Å². The molecule has 0 bridgehead atoms. The van der Waals surface area contributed by atoms with Gasteiger partial charge in [-0.15, -0.1) is 0 Å². The van der Waals surface area contributed by atoms with Gasteiger partial charge in [0.15, 0.2) is 5.41 Å². The normalized spacial score (nSPS) is 15.1. The zero-order valence-corrected chi connectivity index (χ0v) is 11.8. The third-order valence-corrected chi connectivity index (χ3v) is 3.27. The van der Waals surface area contributed by atoms with Gasteiger partial charge in [0.1, 0.15) is 0 Å². The minimum Gasteiger partial charge on any atom is -0.465 e. The molecule has 0 aliphatic rings. The van der Waals surface area contributed by atoms with E-state index in [0.29, 0.717) is 6.42 Å². The Morgan fingerprint density at radius 2 is 2.11 bits per heavy atom. The highest BCUT2D eigenvalue weighted by molar-refractivity contribution is 5.80. The van der Waals surface area contributed by atoms with E-state index in [2.05, 4.69) is 0 Å². The third-order valence-electron chi connectivity index (χ3n) is 3.27. The number of esters is 1. The number of nitro groups is 1. The molecule has 6 heteroatoms. The van der Waals surface area contributed by atoms with Crippen LogP contribution in [0.1, 0.15) is 46.5 Å². The number of unbranched alkanes of at least 4 members (excludes halogenated alkanes) is 2. The van der Waals surface area contributed by atoms with Crippen molar-refractivity contribution < 1.29 is 14.5 Å². The summed E-state index contributed by atoms with van der Waals surface area (Å²) < 4.78 is 4.88. The lowest BCUT2D eigenvalue weighted by atomic mass is 9.75. The molecule has 0 aromatic rings. The lowest BCUT2D eigenvalue weighted by Crippen LogP contribution is -2.39. The zero-order chi connectivity index (χ0) is 14.9. The Bertz CT molecular complexity index is 351. The van der Waals surface area contributed by atoms with Crippen molar-refractivity contribution in [2.45, 2.75) is 46.5 Å². The quantitative estimate of drug-likeness (QED) is 0.278. The minimum absolute atomic E-state index is 0.163. The van der Waals surface area contributed by atoms with Crippen LogP contribution in [0.15, 0.2) is 0 Å². The molecule has 6 nitrogen and oxygen atoms in total. The van der Waals surface area contributed by atoms with Gasteiger partial charge in [-0.3, -0.25) is 14.9 Å². The maximum atomic E-state index is 11.9. The van der Waals surface area contributed by atoms with Gasteiger partial charge >= 0.3 is 5.97 Å². The van der Waals surface area contributed by atoms with Gasteiger partial charge in [-0.25, -0.2) is 0 Å². The number of carbonyl (C=O) groups excluding carboxylic acids is 1. The van der Waals surface area contributed by atoms with Crippen molar-refractivity contribution in [1.82, 2.24) is 0 Å². The van der Waals surface area contributed by atoms with Crippen LogP contribution in [0, 0.1) is 32.8 Å². The van der Waals surface area contributed by atoms with Gasteiger partial charge in [-0.05, 0) is 20.3 Å². The first-order valence-electron chi connectivity index (χ1n) is 6.62. The van der Waals surface area contributed by atoms with Crippen LogP contribution in [-0.2, 0) is 9.53 Å². The number of ether oxygens (including phenoxy) is 1. The second-order valence-electron chi connectivity index (χ2n) is 4.74. The summed E-state index contributed by atoms with van der Waals surface area (Å²) in [6, 6.07) is 1.92. The summed E-state index contributed by atoms with van der Waals surface area (Å²) in [6.07, 6.45) is 3.16. The van der Waals surface area contributed by atoms with Crippen molar-refractivity contribution in [3.63, 3.8) is 0 Å². The van der Waals surface area contributed by atoms with Crippen LogP contribution < -0.4 is 0 Å². The van der Waals surface area contributed by atoms with Crippen LogP contribution in [0.25, 0.3) is 0 Å². The van der Waals surface area contributed by atoms with Crippen LogP contribution in [0.5, 0.6) is 0 Å². The average Bonchev–Trinajstić information content (AvgIpc) is 2.36. The summed E-state index contributed by atoms with van der Waals surface area (Å²) >= 11 is 0. The van der Waals surface area contributed by atoms with Crippen molar-refractivity contribution in [2.75, 3.05) is 13.2 Å². The fourth-order valence-corrected chi connectivity index (χ4v) is 1.97. The van der Waals surface area contributed by atoms with Crippen LogP contribution in [0.4, 0.5) is 0 Å². The number of rotatable bonds is 9. The van der Waals surface area contributed by atoms with Gasteiger partial charge in [0.2, 0.25) is 6.54 Å². The van der Waals surface area contributed by atoms with E-state index in [9.17, 15) is 20.2 Å². The molecule has 0 fully saturated rings. The number of nitrogens with zero attached hydrogens (tertiary/aromatic N) is 2. The predicted octanol–water partition coefficient (Wildman–Crippen LogP) is 2.55. The number of carbonyl (C=O) groups is 1. The average molecular weight is 270 g/mol. The summed E-state index contributed by atoms with van der Waals surface area (Å²) in [7, 11) is 0. The lowest BCUT2D eigenvalue weighted by molar-refractivity contribution is -0.490. The molecule has 0 aromatic heterocycles. The summed E-state index contributed by atoms with van der Waals surface area (Å²) in [5.74, 6) is -1.28. The molecule has 0 saturated carbocycles. The number of nitriles is 1. The molecule has 0 saturated heterocycles. The van der Waals surface area contributed by atoms with Crippen LogP contribution in [0.3, 0.4) is 0 Å². The van der Waals surface area contributed by atoms with Gasteiger partial charge in [0.25, 0.3) is 0 Å². The summed E-state index contributed by atoms with van der Waals surface area (Å²) in [5, 5.41) is 20.0. The fraction of sp³-hybridized carbons (Fsp3) is 0.846. The van der Waals surface area contributed by atoms with E-state index in [4.69, 9.17) is 4.74 Å². The van der Waals surface area contributed by atoms with Crippen LogP contribution >= 0.6 is 0 Å². The Morgan fingerprint density at radius 3 is 2.53 bits per heavy atom. The first kappa shape index (κ1) is 17.4. The zero-order valence-electron chi connectivity index (χ0n) is 11.8. The van der Waals surface area contributed by atoms with Crippen molar-refractivity contribution in [3.05, 3.63) is 10.1 Å². The van der Waals surface area contributed by atoms with Crippen molar-refractivity contribution >= 4 is 5.97 Å². The highest BCUT2D eigenvalue weighted by Crippen LogP contribution is 2.32. The van der Waals surface area contributed by atoms with E-state index < -0.39 is 22.2 Å². The van der Waals surface area contributed by atoms with E-state index in [0.717, 1.165) is 19.3 Å². The minimum atomic E-state index is -1.45. The fourth-order valence-electron chi connectivity index (χ4n) is 1.97. The second kappa shape index (κ2) is 8.46. The maximum Gasteiger partial charge on any atom is 0.326 e. The molecule has 108 valence electrons. The molecule has 2 unspecified atom stereocenters. The van der Waals surface area contributed by atoms with E-state index in [1.165, 1.54) is 6.92 Å². The van der Waals surface area contributed by atoms with Gasteiger partial charge < -0.3 is 4.74 Å². The Labute approximate surface area is 113 Å². The summed E-state index contributed by atoms with van der Waals surface area (Å²) in [5.41, 5.74) is -1.45. The molecule has 0 N–H and O–H groups in total. The highest BCUT2D eigenvalue weighted by Gasteiger charge is 2.45. The van der Waals surface area contributed by atoms with Crippen molar-refractivity contribution in [3.8, 4) is 6.07 Å². The van der Waals surface area contributed by atoms with Crippen molar-refractivity contribution in [2.24, 2.45) is 11.3 Å². The molecule has 0 amide bonds. The smallest absolute Gasteiger partial charge is 0.326 e. The van der Waals surface area contributed by atoms with Gasteiger partial charge in [0, 0.05) is 4.92 Å². The molecule has 0 radical (unpaired) electrons. The Balaban J connectivity index is 4.99. The molecular weight excluding hydrogens is 248 g/mol. The van der Waals surface area contributed by atoms with Crippen LogP contribution in [-0.4, -0.2) is 24.0 Å². The monoisotopic (exact) mass is 270 g/mol. The summed E-state index contributed by atoms with van der Waals surface area (Å²) in [4.78, 5) is 22.1. The SMILES string of the molecule is CCCCCC(C[N+](=O)[O-])C(C)(C#N)C(=O)OCC. The largest absolute Gasteiger partial charge is 0.465 e. The molecule has 0 heterocycles. The lowest BCUT2D eigenvalue weighted by Gasteiger charge is -2.26. The Hall–Kier alpha value is -1.64. The molecule has 2 atom stereocenters. The predicted molar refractivity (Wildman–Crippen MR) is 69.8 cm³/mol. The Kier molecular flexibility index (Phi) is 7.73. The van der Waals surface area contributed by atoms with Gasteiger partial charge in [0.05, 0.1) is 18.6 Å². The molecule has 19 heavy (non-hydrogen) atoms. The molecule has 0 aliphatic carbocycles. The Morgan fingerprint density at radius 1 is 1.47 bits per heavy atom. The van der Waals surface area contributed by atoms with Crippen LogP contribution in [0.2, 0.25) is 0 Å². The summed E-state index contributed by atoms with van der Waals surface area (Å²) in [6.45, 7) is 4.89. The molecule has 0 aliphatic heterocycles. The molecule has 0 aromatic carbocycles. The van der Waals surface area contributed by atoms with E-state index in [1.54, 1.807) is 6.92 Å². The first-order valence-corrected chi connectivity index (χ1v) is 6.62. The standard InChI is InChI=1S/C13H22N2O4/c1-4-6-7-8-11(9-15(17)18)13(3,10-14)12(16)19-5-2/h11H,4-9H2,1-3H3. The number of hydrogen-bond acceptors (Lipinski definition) is 5. The second-order valence-corrected chi connectivity index (χ2v) is 4.74. The van der Waals surface area contributed by atoms with Gasteiger partial charge in [-0.2, -0.15) is 5.26 Å². The maximum absolute atomic E-state index is 11.9. The number of hydrogen-bond donors (Lipinski definition) is 0. The molecule has 0 rings (SSSR count). The third kappa shape index (κ3) is 5.25.